The predicted octanol–water partition coefficient (Wildman–Crippen LogP) is 4.05. The van der Waals surface area contributed by atoms with Gasteiger partial charge in [0, 0.05) is 12.7 Å². The van der Waals surface area contributed by atoms with E-state index in [1.807, 2.05) is 0 Å². The molecule has 7 heteroatoms. The van der Waals surface area contributed by atoms with Crippen molar-refractivity contribution in [1.82, 2.24) is 0 Å². The monoisotopic (exact) mass is 326 g/mol. The summed E-state index contributed by atoms with van der Waals surface area (Å²) in [6, 6.07) is 10.7. The summed E-state index contributed by atoms with van der Waals surface area (Å²) in [6.45, 7) is -0.00462. The average molecular weight is 326 g/mol. The third kappa shape index (κ3) is 4.46. The van der Waals surface area contributed by atoms with Crippen molar-refractivity contribution < 1.29 is 32.2 Å². The molecule has 2 rings (SSSR count). The van der Waals surface area contributed by atoms with Gasteiger partial charge in [0.2, 0.25) is 0 Å². The van der Waals surface area contributed by atoms with Crippen molar-refractivity contribution in [3.8, 4) is 22.6 Å². The van der Waals surface area contributed by atoms with Crippen LogP contribution in [0.4, 0.5) is 13.2 Å². The van der Waals surface area contributed by atoms with Gasteiger partial charge in [-0.3, -0.25) is 4.79 Å². The van der Waals surface area contributed by atoms with E-state index in [0.29, 0.717) is 23.2 Å². The van der Waals surface area contributed by atoms with Crippen molar-refractivity contribution in [3.63, 3.8) is 0 Å². The van der Waals surface area contributed by atoms with Crippen LogP contribution in [0.3, 0.4) is 0 Å². The molecule has 0 amide bonds. The van der Waals surface area contributed by atoms with Crippen molar-refractivity contribution >= 4 is 6.29 Å². The lowest BCUT2D eigenvalue weighted by atomic mass is 10.0. The molecule has 0 radical (unpaired) electrons. The quantitative estimate of drug-likeness (QED) is 0.593. The first kappa shape index (κ1) is 16.8. The molecule has 0 bridgehead atoms. The van der Waals surface area contributed by atoms with Gasteiger partial charge in [-0.15, -0.1) is 13.2 Å². The minimum atomic E-state index is -4.89. The predicted molar refractivity (Wildman–Crippen MR) is 76.5 cm³/mol. The van der Waals surface area contributed by atoms with Crippen LogP contribution in [0.15, 0.2) is 42.5 Å². The number of methoxy groups -OCH3 is 1. The summed E-state index contributed by atoms with van der Waals surface area (Å²) < 4.78 is 51.5. The molecule has 122 valence electrons. The number of hydrogen-bond acceptors (Lipinski definition) is 4. The Morgan fingerprint density at radius 1 is 1.09 bits per heavy atom. The molecular weight excluding hydrogens is 313 g/mol. The van der Waals surface area contributed by atoms with Crippen LogP contribution in [0.25, 0.3) is 11.1 Å². The third-order valence-corrected chi connectivity index (χ3v) is 2.90. The van der Waals surface area contributed by atoms with E-state index in [1.165, 1.54) is 19.2 Å². The average Bonchev–Trinajstić information content (AvgIpc) is 2.51. The van der Waals surface area contributed by atoms with Gasteiger partial charge in [-0.1, -0.05) is 24.3 Å². The Hall–Kier alpha value is -2.54. The summed E-state index contributed by atoms with van der Waals surface area (Å²) in [5.74, 6) is -0.127. The number of alkyl halides is 3. The second-order valence-electron chi connectivity index (χ2n) is 4.47. The summed E-state index contributed by atoms with van der Waals surface area (Å²) in [5, 5.41) is 0. The zero-order valence-corrected chi connectivity index (χ0v) is 12.1. The number of carbonyl (C=O) groups excluding carboxylic acids is 1. The number of benzene rings is 2. The van der Waals surface area contributed by atoms with Crippen molar-refractivity contribution in [2.24, 2.45) is 0 Å². The summed E-state index contributed by atoms with van der Waals surface area (Å²) in [4.78, 5) is 10.9. The number of halogens is 3. The van der Waals surface area contributed by atoms with Crippen LogP contribution in [0.1, 0.15) is 10.4 Å². The minimum Gasteiger partial charge on any atom is -0.467 e. The number of rotatable bonds is 6. The minimum absolute atomic E-state index is 0.00462. The molecule has 0 spiro atoms. The van der Waals surface area contributed by atoms with Crippen molar-refractivity contribution in [3.05, 3.63) is 48.0 Å². The Morgan fingerprint density at radius 3 is 2.48 bits per heavy atom. The Bertz CT molecular complexity index is 683. The van der Waals surface area contributed by atoms with Gasteiger partial charge in [-0.2, -0.15) is 0 Å². The number of aldehydes is 1. The van der Waals surface area contributed by atoms with Crippen LogP contribution >= 0.6 is 0 Å². The fourth-order valence-corrected chi connectivity index (χ4v) is 1.97. The van der Waals surface area contributed by atoms with Crippen LogP contribution in [-0.4, -0.2) is 26.6 Å². The fourth-order valence-electron chi connectivity index (χ4n) is 1.97. The van der Waals surface area contributed by atoms with Gasteiger partial charge in [-0.05, 0) is 23.8 Å². The van der Waals surface area contributed by atoms with Crippen LogP contribution in [0.2, 0.25) is 0 Å². The standard InChI is InChI=1S/C16H13F3O4/c1-21-10-22-14-5-3-2-4-13(14)11-6-7-12(9-20)15(8-11)23-16(17,18)19/h2-9H,10H2,1H3. The van der Waals surface area contributed by atoms with Gasteiger partial charge >= 0.3 is 6.36 Å². The largest absolute Gasteiger partial charge is 0.573 e. The molecule has 0 aromatic heterocycles. The second-order valence-corrected chi connectivity index (χ2v) is 4.47. The SMILES string of the molecule is COCOc1ccccc1-c1ccc(C=O)c(OC(F)(F)F)c1. The van der Waals surface area contributed by atoms with E-state index < -0.39 is 12.1 Å². The van der Waals surface area contributed by atoms with E-state index in [0.717, 1.165) is 6.07 Å². The fraction of sp³-hybridized carbons (Fsp3) is 0.188. The summed E-state index contributed by atoms with van der Waals surface area (Å²) >= 11 is 0. The Balaban J connectivity index is 2.44. The summed E-state index contributed by atoms with van der Waals surface area (Å²) in [6.07, 6.45) is -4.58. The Kier molecular flexibility index (Phi) is 5.23. The van der Waals surface area contributed by atoms with Crippen molar-refractivity contribution in [1.29, 1.82) is 0 Å². The topological polar surface area (TPSA) is 44.8 Å². The summed E-state index contributed by atoms with van der Waals surface area (Å²) in [5.41, 5.74) is 0.775. The maximum absolute atomic E-state index is 12.5. The lowest BCUT2D eigenvalue weighted by molar-refractivity contribution is -0.274. The van der Waals surface area contributed by atoms with Crippen molar-refractivity contribution in [2.45, 2.75) is 6.36 Å². The molecule has 0 saturated heterocycles. The first-order valence-electron chi connectivity index (χ1n) is 6.50. The van der Waals surface area contributed by atoms with Gasteiger partial charge in [0.05, 0.1) is 5.56 Å². The molecular formula is C16H13F3O4. The molecule has 0 aliphatic heterocycles. The zero-order chi connectivity index (χ0) is 16.9. The zero-order valence-electron chi connectivity index (χ0n) is 12.1. The maximum atomic E-state index is 12.5. The van der Waals surface area contributed by atoms with Crippen LogP contribution in [0.5, 0.6) is 11.5 Å². The Labute approximate surface area is 130 Å². The smallest absolute Gasteiger partial charge is 0.467 e. The highest BCUT2D eigenvalue weighted by Gasteiger charge is 2.32. The number of carbonyl (C=O) groups is 1. The van der Waals surface area contributed by atoms with Crippen LogP contribution < -0.4 is 9.47 Å². The molecule has 0 heterocycles. The molecule has 2 aromatic rings. The molecule has 23 heavy (non-hydrogen) atoms. The summed E-state index contributed by atoms with van der Waals surface area (Å²) in [7, 11) is 1.46. The van der Waals surface area contributed by atoms with E-state index in [2.05, 4.69) is 4.74 Å². The number of hydrogen-bond donors (Lipinski definition) is 0. The highest BCUT2D eigenvalue weighted by atomic mass is 19.4. The van der Waals surface area contributed by atoms with E-state index in [1.54, 1.807) is 24.3 Å². The van der Waals surface area contributed by atoms with E-state index >= 15 is 0 Å². The molecule has 0 aliphatic carbocycles. The molecule has 4 nitrogen and oxygen atoms in total. The highest BCUT2D eigenvalue weighted by molar-refractivity contribution is 5.82. The molecule has 0 saturated carbocycles. The van der Waals surface area contributed by atoms with Gasteiger partial charge in [-0.25, -0.2) is 0 Å². The number of para-hydroxylation sites is 1. The first-order valence-corrected chi connectivity index (χ1v) is 6.50. The van der Waals surface area contributed by atoms with E-state index in [4.69, 9.17) is 9.47 Å². The Morgan fingerprint density at radius 2 is 1.83 bits per heavy atom. The maximum Gasteiger partial charge on any atom is 0.573 e. The normalized spacial score (nSPS) is 11.1. The van der Waals surface area contributed by atoms with Gasteiger partial charge in [0.15, 0.2) is 13.1 Å². The molecule has 0 aliphatic rings. The van der Waals surface area contributed by atoms with Crippen molar-refractivity contribution in [2.75, 3.05) is 13.9 Å². The van der Waals surface area contributed by atoms with Gasteiger partial charge in [0.25, 0.3) is 0 Å². The van der Waals surface area contributed by atoms with Gasteiger partial charge < -0.3 is 14.2 Å². The highest BCUT2D eigenvalue weighted by Crippen LogP contribution is 2.34. The molecule has 0 N–H and O–H groups in total. The van der Waals surface area contributed by atoms with E-state index in [9.17, 15) is 18.0 Å². The van der Waals surface area contributed by atoms with Crippen LogP contribution in [-0.2, 0) is 4.74 Å². The lowest BCUT2D eigenvalue weighted by Crippen LogP contribution is -2.18. The first-order chi connectivity index (χ1) is 10.9. The molecule has 0 fully saturated rings. The van der Waals surface area contributed by atoms with Gasteiger partial charge in [0.1, 0.15) is 11.5 Å². The second kappa shape index (κ2) is 7.15. The molecule has 0 unspecified atom stereocenters. The molecule has 2 aromatic carbocycles. The third-order valence-electron chi connectivity index (χ3n) is 2.90. The van der Waals surface area contributed by atoms with E-state index in [-0.39, 0.29) is 12.4 Å². The molecule has 0 atom stereocenters. The lowest BCUT2D eigenvalue weighted by Gasteiger charge is -2.14. The number of ether oxygens (including phenoxy) is 3. The van der Waals surface area contributed by atoms with Crippen LogP contribution in [0, 0.1) is 0 Å².